The zero-order valence-electron chi connectivity index (χ0n) is 16.9. The highest BCUT2D eigenvalue weighted by Gasteiger charge is 2.70. The van der Waals surface area contributed by atoms with E-state index in [4.69, 9.17) is 9.47 Å². The molecule has 0 aromatic heterocycles. The Bertz CT molecular complexity index is 581. The van der Waals surface area contributed by atoms with Gasteiger partial charge < -0.3 is 19.7 Å². The maximum Gasteiger partial charge on any atom is 0.328 e. The summed E-state index contributed by atoms with van der Waals surface area (Å²) in [5, 5.41) is 2.79. The van der Waals surface area contributed by atoms with Crippen LogP contribution in [0.4, 0.5) is 0 Å². The van der Waals surface area contributed by atoms with Crippen molar-refractivity contribution in [1.82, 2.24) is 10.2 Å². The van der Waals surface area contributed by atoms with Gasteiger partial charge in [0.15, 0.2) is 0 Å². The number of rotatable bonds is 6. The molecule has 0 spiro atoms. The second-order valence-corrected chi connectivity index (χ2v) is 8.92. The largest absolute Gasteiger partial charge is 0.467 e. The Balaban J connectivity index is 2.20. The van der Waals surface area contributed by atoms with Crippen molar-refractivity contribution in [3.05, 3.63) is 0 Å². The lowest BCUT2D eigenvalue weighted by Crippen LogP contribution is -2.58. The van der Waals surface area contributed by atoms with E-state index in [-0.39, 0.29) is 41.6 Å². The molecule has 1 heterocycles. The molecule has 2 aliphatic rings. The SMILES string of the molecule is CCOCC(=O)N[C@H](C(=O)N1C[C@H]2[C@@H]([C@H]1C(=O)OC)C2(C)C)C(C)(C)C. The van der Waals surface area contributed by atoms with Gasteiger partial charge in [0.2, 0.25) is 11.8 Å². The maximum atomic E-state index is 13.3. The number of nitrogens with one attached hydrogen (secondary N) is 1. The summed E-state index contributed by atoms with van der Waals surface area (Å²) in [7, 11) is 1.35. The van der Waals surface area contributed by atoms with E-state index in [0.717, 1.165) is 0 Å². The van der Waals surface area contributed by atoms with E-state index < -0.39 is 17.5 Å². The Morgan fingerprint density at radius 2 is 1.88 bits per heavy atom. The molecular formula is C19H32N2O5. The predicted molar refractivity (Wildman–Crippen MR) is 96.2 cm³/mol. The molecule has 0 radical (unpaired) electrons. The molecule has 0 unspecified atom stereocenters. The number of nitrogens with zero attached hydrogens (tertiary/aromatic N) is 1. The highest BCUT2D eigenvalue weighted by Crippen LogP contribution is 2.65. The molecule has 1 aliphatic heterocycles. The van der Waals surface area contributed by atoms with Crippen LogP contribution in [0.2, 0.25) is 0 Å². The van der Waals surface area contributed by atoms with E-state index in [9.17, 15) is 14.4 Å². The highest BCUT2D eigenvalue weighted by molar-refractivity contribution is 5.92. The minimum Gasteiger partial charge on any atom is -0.467 e. The third kappa shape index (κ3) is 3.72. The summed E-state index contributed by atoms with van der Waals surface area (Å²) in [6, 6.07) is -1.32. The number of piperidine rings is 1. The summed E-state index contributed by atoms with van der Waals surface area (Å²) in [6.45, 7) is 12.6. The van der Waals surface area contributed by atoms with Gasteiger partial charge >= 0.3 is 5.97 Å². The summed E-state index contributed by atoms with van der Waals surface area (Å²) in [4.78, 5) is 39.4. The first-order chi connectivity index (χ1) is 12.0. The molecular weight excluding hydrogens is 336 g/mol. The third-order valence-electron chi connectivity index (χ3n) is 5.79. The number of likely N-dealkylation sites (tertiary alicyclic amines) is 1. The second kappa shape index (κ2) is 7.18. The second-order valence-electron chi connectivity index (χ2n) is 8.92. The molecule has 1 N–H and O–H groups in total. The molecule has 2 amide bonds. The molecule has 7 heteroatoms. The van der Waals surface area contributed by atoms with Crippen molar-refractivity contribution in [2.24, 2.45) is 22.7 Å². The van der Waals surface area contributed by atoms with Crippen LogP contribution in [0.5, 0.6) is 0 Å². The molecule has 2 rings (SSSR count). The number of fused-ring (bicyclic) bond motifs is 1. The fraction of sp³-hybridized carbons (Fsp3) is 0.842. The van der Waals surface area contributed by atoms with Gasteiger partial charge in [-0.3, -0.25) is 9.59 Å². The molecule has 7 nitrogen and oxygen atoms in total. The summed E-state index contributed by atoms with van der Waals surface area (Å²) < 4.78 is 10.1. The van der Waals surface area contributed by atoms with Crippen LogP contribution >= 0.6 is 0 Å². The molecule has 1 aliphatic carbocycles. The first kappa shape index (κ1) is 20.7. The minimum absolute atomic E-state index is 0.0328. The van der Waals surface area contributed by atoms with Crippen LogP contribution in [0.15, 0.2) is 0 Å². The molecule has 4 atom stereocenters. The van der Waals surface area contributed by atoms with Crippen LogP contribution in [0.3, 0.4) is 0 Å². The van der Waals surface area contributed by atoms with Crippen molar-refractivity contribution < 1.29 is 23.9 Å². The molecule has 1 saturated carbocycles. The molecule has 0 aromatic carbocycles. The van der Waals surface area contributed by atoms with Crippen LogP contribution in [0.25, 0.3) is 0 Å². The smallest absolute Gasteiger partial charge is 0.328 e. The lowest BCUT2D eigenvalue weighted by atomic mass is 9.85. The van der Waals surface area contributed by atoms with Gasteiger partial charge in [-0.2, -0.15) is 0 Å². The van der Waals surface area contributed by atoms with Crippen molar-refractivity contribution in [1.29, 1.82) is 0 Å². The summed E-state index contributed by atoms with van der Waals surface area (Å²) in [6.07, 6.45) is 0. The van der Waals surface area contributed by atoms with Crippen molar-refractivity contribution >= 4 is 17.8 Å². The Morgan fingerprint density at radius 3 is 2.38 bits per heavy atom. The van der Waals surface area contributed by atoms with Crippen LogP contribution in [0, 0.1) is 22.7 Å². The normalized spacial score (nSPS) is 27.5. The first-order valence-corrected chi connectivity index (χ1v) is 9.22. The zero-order valence-corrected chi connectivity index (χ0v) is 16.9. The van der Waals surface area contributed by atoms with Crippen LogP contribution in [-0.2, 0) is 23.9 Å². The van der Waals surface area contributed by atoms with Gasteiger partial charge in [-0.25, -0.2) is 4.79 Å². The van der Waals surface area contributed by atoms with Crippen molar-refractivity contribution in [3.63, 3.8) is 0 Å². The first-order valence-electron chi connectivity index (χ1n) is 9.22. The van der Waals surface area contributed by atoms with E-state index >= 15 is 0 Å². The number of methoxy groups -OCH3 is 1. The van der Waals surface area contributed by atoms with Gasteiger partial charge in [-0.15, -0.1) is 0 Å². The van der Waals surface area contributed by atoms with Crippen molar-refractivity contribution in [3.8, 4) is 0 Å². The van der Waals surface area contributed by atoms with E-state index in [0.29, 0.717) is 13.2 Å². The number of hydrogen-bond acceptors (Lipinski definition) is 5. The molecule has 148 valence electrons. The monoisotopic (exact) mass is 368 g/mol. The Hall–Kier alpha value is -1.63. The van der Waals surface area contributed by atoms with Gasteiger partial charge in [0.05, 0.1) is 7.11 Å². The molecule has 2 fully saturated rings. The maximum absolute atomic E-state index is 13.3. The average molecular weight is 368 g/mol. The quantitative estimate of drug-likeness (QED) is 0.713. The van der Waals surface area contributed by atoms with Crippen molar-refractivity contribution in [2.75, 3.05) is 26.9 Å². The number of carbonyl (C=O) groups excluding carboxylic acids is 3. The summed E-state index contributed by atoms with van der Waals surface area (Å²) in [5.74, 6) is -0.557. The standard InChI is InChI=1S/C19H32N2O5/c1-8-26-10-12(22)20-15(18(2,3)4)16(23)21-9-11-13(19(11,5)6)14(21)17(24)25-7/h11,13-15H,8-10H2,1-7H3,(H,20,22)/t11-,13-,14-,15+/m0/s1. The fourth-order valence-electron chi connectivity index (χ4n) is 4.12. The molecule has 0 aromatic rings. The molecule has 0 bridgehead atoms. The number of hydrogen-bond donors (Lipinski definition) is 1. The minimum atomic E-state index is -0.733. The van der Waals surface area contributed by atoms with Gasteiger partial charge in [-0.1, -0.05) is 34.6 Å². The highest BCUT2D eigenvalue weighted by atomic mass is 16.5. The van der Waals surface area contributed by atoms with Crippen LogP contribution in [0.1, 0.15) is 41.5 Å². The Labute approximate surface area is 155 Å². The van der Waals surface area contributed by atoms with E-state index in [2.05, 4.69) is 19.2 Å². The number of amides is 2. The third-order valence-corrected chi connectivity index (χ3v) is 5.79. The Morgan fingerprint density at radius 1 is 1.27 bits per heavy atom. The molecule has 26 heavy (non-hydrogen) atoms. The Kier molecular flexibility index (Phi) is 5.71. The van der Waals surface area contributed by atoms with E-state index in [1.165, 1.54) is 7.11 Å². The van der Waals surface area contributed by atoms with Gasteiger partial charge in [0.1, 0.15) is 18.7 Å². The van der Waals surface area contributed by atoms with E-state index in [1.807, 2.05) is 20.8 Å². The zero-order chi connectivity index (χ0) is 19.9. The summed E-state index contributed by atoms with van der Waals surface area (Å²) in [5.41, 5.74) is -0.465. The fourth-order valence-corrected chi connectivity index (χ4v) is 4.12. The van der Waals surface area contributed by atoms with Gasteiger partial charge in [0, 0.05) is 19.1 Å². The number of esters is 1. The van der Waals surface area contributed by atoms with Crippen molar-refractivity contribution in [2.45, 2.75) is 53.6 Å². The number of ether oxygens (including phenoxy) is 2. The topological polar surface area (TPSA) is 84.9 Å². The lowest BCUT2D eigenvalue weighted by molar-refractivity contribution is -0.155. The lowest BCUT2D eigenvalue weighted by Gasteiger charge is -2.37. The summed E-state index contributed by atoms with van der Waals surface area (Å²) >= 11 is 0. The van der Waals surface area contributed by atoms with Gasteiger partial charge in [-0.05, 0) is 23.7 Å². The average Bonchev–Trinajstić information content (AvgIpc) is 2.92. The molecule has 1 saturated heterocycles. The van der Waals surface area contributed by atoms with E-state index in [1.54, 1.807) is 11.8 Å². The predicted octanol–water partition coefficient (Wildman–Crippen LogP) is 1.21. The van der Waals surface area contributed by atoms with Crippen LogP contribution in [-0.4, -0.2) is 61.6 Å². The van der Waals surface area contributed by atoms with Gasteiger partial charge in [0.25, 0.3) is 0 Å². The van der Waals surface area contributed by atoms with Crippen LogP contribution < -0.4 is 5.32 Å². The number of carbonyl (C=O) groups is 3.